The second kappa shape index (κ2) is 7.32. The lowest BCUT2D eigenvalue weighted by atomic mass is 10.2. The van der Waals surface area contributed by atoms with E-state index < -0.39 is 0 Å². The average Bonchev–Trinajstić information content (AvgIpc) is 2.62. The van der Waals surface area contributed by atoms with E-state index in [9.17, 15) is 0 Å². The standard InChI is InChI=1S/C19H17N5O/c1-13-10-18(22-16-5-3-4-14(11-16)12-20)24-19(21-13)23-15-6-8-17(25-2)9-7-15/h3-11H,1-2H3,(H2,21,22,23,24). The Morgan fingerprint density at radius 3 is 2.48 bits per heavy atom. The Kier molecular flexibility index (Phi) is 4.77. The van der Waals surface area contributed by atoms with Crippen molar-refractivity contribution in [2.75, 3.05) is 17.7 Å². The quantitative estimate of drug-likeness (QED) is 0.730. The predicted octanol–water partition coefficient (Wildman–Crippen LogP) is 4.15. The zero-order chi connectivity index (χ0) is 17.6. The number of rotatable bonds is 5. The Balaban J connectivity index is 1.80. The SMILES string of the molecule is COc1ccc(Nc2nc(C)cc(Nc3cccc(C#N)c3)n2)cc1. The molecule has 0 aliphatic heterocycles. The number of hydrogen-bond acceptors (Lipinski definition) is 6. The van der Waals surface area contributed by atoms with E-state index in [1.807, 2.05) is 49.4 Å². The van der Waals surface area contributed by atoms with Gasteiger partial charge in [0.2, 0.25) is 5.95 Å². The first-order chi connectivity index (χ1) is 12.2. The molecule has 1 heterocycles. The maximum absolute atomic E-state index is 9.00. The number of hydrogen-bond donors (Lipinski definition) is 2. The van der Waals surface area contributed by atoms with Crippen LogP contribution < -0.4 is 15.4 Å². The van der Waals surface area contributed by atoms with E-state index in [-0.39, 0.29) is 0 Å². The van der Waals surface area contributed by atoms with Gasteiger partial charge >= 0.3 is 0 Å². The summed E-state index contributed by atoms with van der Waals surface area (Å²) in [7, 11) is 1.63. The molecule has 0 aliphatic carbocycles. The van der Waals surface area contributed by atoms with Crippen molar-refractivity contribution in [3.05, 3.63) is 65.9 Å². The Bertz CT molecular complexity index is 916. The van der Waals surface area contributed by atoms with E-state index in [1.54, 1.807) is 19.2 Å². The number of aromatic nitrogens is 2. The van der Waals surface area contributed by atoms with Crippen LogP contribution in [0.15, 0.2) is 54.6 Å². The van der Waals surface area contributed by atoms with Crippen molar-refractivity contribution >= 4 is 23.1 Å². The van der Waals surface area contributed by atoms with Gasteiger partial charge in [-0.15, -0.1) is 0 Å². The molecule has 0 saturated heterocycles. The summed E-state index contributed by atoms with van der Waals surface area (Å²) in [5.74, 6) is 1.93. The maximum Gasteiger partial charge on any atom is 0.229 e. The minimum absolute atomic E-state index is 0.490. The molecule has 3 rings (SSSR count). The van der Waals surface area contributed by atoms with Crippen molar-refractivity contribution in [3.63, 3.8) is 0 Å². The van der Waals surface area contributed by atoms with Gasteiger partial charge < -0.3 is 15.4 Å². The van der Waals surface area contributed by atoms with Crippen LogP contribution in [0.25, 0.3) is 0 Å². The number of aryl methyl sites for hydroxylation is 1. The molecule has 0 saturated carbocycles. The van der Waals surface area contributed by atoms with E-state index in [2.05, 4.69) is 26.7 Å². The van der Waals surface area contributed by atoms with Crippen molar-refractivity contribution in [1.82, 2.24) is 9.97 Å². The number of nitrogens with one attached hydrogen (secondary N) is 2. The van der Waals surface area contributed by atoms with Gasteiger partial charge in [0.05, 0.1) is 18.7 Å². The fraction of sp³-hybridized carbons (Fsp3) is 0.105. The summed E-state index contributed by atoms with van der Waals surface area (Å²) in [5.41, 5.74) is 3.08. The fourth-order valence-electron chi connectivity index (χ4n) is 2.31. The summed E-state index contributed by atoms with van der Waals surface area (Å²) < 4.78 is 5.15. The van der Waals surface area contributed by atoms with Crippen LogP contribution in [0.1, 0.15) is 11.3 Å². The Hall–Kier alpha value is -3.59. The first kappa shape index (κ1) is 16.3. The monoisotopic (exact) mass is 331 g/mol. The summed E-state index contributed by atoms with van der Waals surface area (Å²) in [6.45, 7) is 1.90. The lowest BCUT2D eigenvalue weighted by Crippen LogP contribution is -2.02. The molecule has 1 aromatic heterocycles. The van der Waals surface area contributed by atoms with Gasteiger partial charge in [0.15, 0.2) is 0 Å². The number of benzene rings is 2. The van der Waals surface area contributed by atoms with Gasteiger partial charge in [-0.1, -0.05) is 6.07 Å². The largest absolute Gasteiger partial charge is 0.497 e. The van der Waals surface area contributed by atoms with Crippen LogP contribution in [0.4, 0.5) is 23.1 Å². The van der Waals surface area contributed by atoms with Gasteiger partial charge in [0.1, 0.15) is 11.6 Å². The molecule has 0 bridgehead atoms. The molecule has 25 heavy (non-hydrogen) atoms. The van der Waals surface area contributed by atoms with Crippen LogP contribution in [0.2, 0.25) is 0 Å². The third kappa shape index (κ3) is 4.24. The normalized spacial score (nSPS) is 9.96. The van der Waals surface area contributed by atoms with Gasteiger partial charge in [-0.2, -0.15) is 10.2 Å². The molecular weight excluding hydrogens is 314 g/mol. The lowest BCUT2D eigenvalue weighted by molar-refractivity contribution is 0.415. The van der Waals surface area contributed by atoms with E-state index in [0.717, 1.165) is 22.8 Å². The molecule has 3 aromatic rings. The molecule has 0 atom stereocenters. The summed E-state index contributed by atoms with van der Waals surface area (Å²) in [5, 5.41) is 15.4. The Morgan fingerprint density at radius 1 is 0.960 bits per heavy atom. The van der Waals surface area contributed by atoms with Crippen LogP contribution >= 0.6 is 0 Å². The predicted molar refractivity (Wildman–Crippen MR) is 97.5 cm³/mol. The highest BCUT2D eigenvalue weighted by atomic mass is 16.5. The minimum Gasteiger partial charge on any atom is -0.497 e. The van der Waals surface area contributed by atoms with Crippen LogP contribution in [-0.4, -0.2) is 17.1 Å². The molecular formula is C19H17N5O. The second-order valence-electron chi connectivity index (χ2n) is 5.39. The van der Waals surface area contributed by atoms with Gasteiger partial charge in [0, 0.05) is 23.1 Å². The molecule has 0 radical (unpaired) electrons. The van der Waals surface area contributed by atoms with E-state index in [4.69, 9.17) is 10.00 Å². The van der Waals surface area contributed by atoms with Gasteiger partial charge in [0.25, 0.3) is 0 Å². The molecule has 0 aliphatic rings. The fourth-order valence-corrected chi connectivity index (χ4v) is 2.31. The number of anilines is 4. The Labute approximate surface area is 146 Å². The first-order valence-electron chi connectivity index (χ1n) is 7.70. The summed E-state index contributed by atoms with van der Waals surface area (Å²) in [4.78, 5) is 8.88. The van der Waals surface area contributed by atoms with Gasteiger partial charge in [-0.3, -0.25) is 0 Å². The summed E-state index contributed by atoms with van der Waals surface area (Å²) in [6.07, 6.45) is 0. The maximum atomic E-state index is 9.00. The highest BCUT2D eigenvalue weighted by molar-refractivity contribution is 5.61. The topological polar surface area (TPSA) is 82.9 Å². The molecule has 2 N–H and O–H groups in total. The van der Waals surface area contributed by atoms with Gasteiger partial charge in [-0.25, -0.2) is 4.98 Å². The van der Waals surface area contributed by atoms with E-state index in [0.29, 0.717) is 17.3 Å². The third-order valence-corrected chi connectivity index (χ3v) is 3.46. The molecule has 6 heteroatoms. The zero-order valence-corrected chi connectivity index (χ0v) is 13.9. The number of nitrogens with zero attached hydrogens (tertiary/aromatic N) is 3. The van der Waals surface area contributed by atoms with Crippen LogP contribution in [0.3, 0.4) is 0 Å². The smallest absolute Gasteiger partial charge is 0.229 e. The molecule has 0 fully saturated rings. The first-order valence-corrected chi connectivity index (χ1v) is 7.70. The minimum atomic E-state index is 0.490. The highest BCUT2D eigenvalue weighted by Crippen LogP contribution is 2.21. The van der Waals surface area contributed by atoms with Crippen LogP contribution in [-0.2, 0) is 0 Å². The molecule has 124 valence electrons. The van der Waals surface area contributed by atoms with Crippen molar-refractivity contribution in [3.8, 4) is 11.8 Å². The number of methoxy groups -OCH3 is 1. The number of nitriles is 1. The third-order valence-electron chi connectivity index (χ3n) is 3.46. The summed E-state index contributed by atoms with van der Waals surface area (Å²) in [6, 6.07) is 18.7. The highest BCUT2D eigenvalue weighted by Gasteiger charge is 2.04. The van der Waals surface area contributed by atoms with Crippen LogP contribution in [0, 0.1) is 18.3 Å². The van der Waals surface area contributed by atoms with Crippen LogP contribution in [0.5, 0.6) is 5.75 Å². The van der Waals surface area contributed by atoms with Crippen molar-refractivity contribution in [1.29, 1.82) is 5.26 Å². The molecule has 0 spiro atoms. The van der Waals surface area contributed by atoms with Crippen molar-refractivity contribution in [2.24, 2.45) is 0 Å². The average molecular weight is 331 g/mol. The molecule has 0 unspecified atom stereocenters. The van der Waals surface area contributed by atoms with Crippen molar-refractivity contribution in [2.45, 2.75) is 6.92 Å². The van der Waals surface area contributed by atoms with E-state index >= 15 is 0 Å². The Morgan fingerprint density at radius 2 is 1.76 bits per heavy atom. The molecule has 6 nitrogen and oxygen atoms in total. The van der Waals surface area contributed by atoms with E-state index in [1.165, 1.54) is 0 Å². The lowest BCUT2D eigenvalue weighted by Gasteiger charge is -2.10. The molecule has 2 aromatic carbocycles. The summed E-state index contributed by atoms with van der Waals surface area (Å²) >= 11 is 0. The zero-order valence-electron chi connectivity index (χ0n) is 13.9. The van der Waals surface area contributed by atoms with Crippen molar-refractivity contribution < 1.29 is 4.74 Å². The number of ether oxygens (including phenoxy) is 1. The second-order valence-corrected chi connectivity index (χ2v) is 5.39. The van der Waals surface area contributed by atoms with Gasteiger partial charge in [-0.05, 0) is 49.4 Å². The molecule has 0 amide bonds.